The Labute approximate surface area is 60.3 Å². The molecule has 0 bridgehead atoms. The molecule has 0 saturated carbocycles. The standard InChI is InChI=1S/C6H4FNO3/c7-5-3(6(10)11)1-2-4(9)8-5/h1-2H,(H,8,9)(H,10,11). The van der Waals surface area contributed by atoms with E-state index in [1.807, 2.05) is 0 Å². The summed E-state index contributed by atoms with van der Waals surface area (Å²) in [5.74, 6) is -2.52. The Hall–Kier alpha value is -1.65. The SMILES string of the molecule is O=C(O)c1ccc(=O)[nH]c1F. The van der Waals surface area contributed by atoms with Crippen LogP contribution in [0.15, 0.2) is 16.9 Å². The Morgan fingerprint density at radius 3 is 2.64 bits per heavy atom. The molecule has 1 aromatic heterocycles. The molecule has 0 saturated heterocycles. The topological polar surface area (TPSA) is 70.2 Å². The monoisotopic (exact) mass is 157 g/mol. The zero-order chi connectivity index (χ0) is 8.43. The fourth-order valence-electron chi connectivity index (χ4n) is 0.615. The van der Waals surface area contributed by atoms with Crippen molar-refractivity contribution >= 4 is 5.97 Å². The van der Waals surface area contributed by atoms with Crippen molar-refractivity contribution < 1.29 is 14.3 Å². The van der Waals surface area contributed by atoms with Crippen LogP contribution in [0.1, 0.15) is 10.4 Å². The predicted molar refractivity (Wildman–Crippen MR) is 34.0 cm³/mol. The number of aromatic carboxylic acids is 1. The number of aromatic amines is 1. The molecule has 1 heterocycles. The van der Waals surface area contributed by atoms with Crippen molar-refractivity contribution in [1.29, 1.82) is 0 Å². The van der Waals surface area contributed by atoms with Crippen molar-refractivity contribution in [2.45, 2.75) is 0 Å². The first-order chi connectivity index (χ1) is 5.11. The van der Waals surface area contributed by atoms with Crippen LogP contribution in [0.4, 0.5) is 4.39 Å². The van der Waals surface area contributed by atoms with E-state index in [1.165, 1.54) is 0 Å². The molecular formula is C6H4FNO3. The van der Waals surface area contributed by atoms with E-state index in [1.54, 1.807) is 4.98 Å². The van der Waals surface area contributed by atoms with E-state index in [2.05, 4.69) is 0 Å². The van der Waals surface area contributed by atoms with Crippen LogP contribution >= 0.6 is 0 Å². The second-order valence-corrected chi connectivity index (χ2v) is 1.86. The van der Waals surface area contributed by atoms with Gasteiger partial charge in [0, 0.05) is 6.07 Å². The van der Waals surface area contributed by atoms with Crippen LogP contribution in [0.5, 0.6) is 0 Å². The average molecular weight is 157 g/mol. The number of carbonyl (C=O) groups is 1. The first kappa shape index (κ1) is 7.46. The van der Waals surface area contributed by atoms with Gasteiger partial charge in [0.25, 0.3) is 0 Å². The molecule has 1 aromatic rings. The van der Waals surface area contributed by atoms with Crippen LogP contribution in [-0.4, -0.2) is 16.1 Å². The van der Waals surface area contributed by atoms with E-state index in [0.29, 0.717) is 0 Å². The predicted octanol–water partition coefficient (Wildman–Crippen LogP) is 0.212. The molecule has 0 aliphatic heterocycles. The van der Waals surface area contributed by atoms with Crippen molar-refractivity contribution in [3.63, 3.8) is 0 Å². The van der Waals surface area contributed by atoms with E-state index in [0.717, 1.165) is 12.1 Å². The van der Waals surface area contributed by atoms with E-state index in [9.17, 15) is 14.0 Å². The van der Waals surface area contributed by atoms with Gasteiger partial charge in [-0.3, -0.25) is 9.78 Å². The number of halogens is 1. The molecule has 0 aliphatic carbocycles. The molecular weight excluding hydrogens is 153 g/mol. The Balaban J connectivity index is 3.31. The molecule has 0 spiro atoms. The van der Waals surface area contributed by atoms with Gasteiger partial charge in [-0.25, -0.2) is 4.79 Å². The number of hydrogen-bond donors (Lipinski definition) is 2. The third-order valence-corrected chi connectivity index (χ3v) is 1.10. The van der Waals surface area contributed by atoms with Gasteiger partial charge in [-0.2, -0.15) is 4.39 Å². The van der Waals surface area contributed by atoms with Gasteiger partial charge in [0.1, 0.15) is 5.56 Å². The maximum atomic E-state index is 12.5. The highest BCUT2D eigenvalue weighted by Gasteiger charge is 2.08. The summed E-state index contributed by atoms with van der Waals surface area (Å²) < 4.78 is 12.5. The number of hydrogen-bond acceptors (Lipinski definition) is 2. The van der Waals surface area contributed by atoms with Crippen LogP contribution in [0.25, 0.3) is 0 Å². The Morgan fingerprint density at radius 1 is 1.55 bits per heavy atom. The van der Waals surface area contributed by atoms with Gasteiger partial charge in [-0.1, -0.05) is 0 Å². The molecule has 58 valence electrons. The van der Waals surface area contributed by atoms with Gasteiger partial charge in [0.2, 0.25) is 11.5 Å². The molecule has 11 heavy (non-hydrogen) atoms. The summed E-state index contributed by atoms with van der Waals surface area (Å²) in [4.78, 5) is 22.3. The van der Waals surface area contributed by atoms with Crippen LogP contribution in [-0.2, 0) is 0 Å². The lowest BCUT2D eigenvalue weighted by molar-refractivity contribution is 0.0690. The highest BCUT2D eigenvalue weighted by atomic mass is 19.1. The quantitative estimate of drug-likeness (QED) is 0.572. The Morgan fingerprint density at radius 2 is 2.18 bits per heavy atom. The first-order valence-corrected chi connectivity index (χ1v) is 2.73. The van der Waals surface area contributed by atoms with Crippen molar-refractivity contribution in [1.82, 2.24) is 4.98 Å². The van der Waals surface area contributed by atoms with Gasteiger partial charge >= 0.3 is 5.97 Å². The Bertz CT molecular complexity index is 344. The minimum absolute atomic E-state index is 0.537. The minimum Gasteiger partial charge on any atom is -0.478 e. The Kier molecular flexibility index (Phi) is 1.72. The lowest BCUT2D eigenvalue weighted by Crippen LogP contribution is -2.11. The van der Waals surface area contributed by atoms with Crippen LogP contribution in [0.3, 0.4) is 0 Å². The summed E-state index contributed by atoms with van der Waals surface area (Å²) in [5, 5.41) is 8.29. The second kappa shape index (κ2) is 2.53. The third-order valence-electron chi connectivity index (χ3n) is 1.10. The highest BCUT2D eigenvalue weighted by Crippen LogP contribution is 1.99. The molecule has 0 amide bonds. The van der Waals surface area contributed by atoms with Gasteiger partial charge in [-0.15, -0.1) is 0 Å². The smallest absolute Gasteiger partial charge is 0.340 e. The van der Waals surface area contributed by atoms with Crippen LogP contribution in [0, 0.1) is 5.95 Å². The maximum absolute atomic E-state index is 12.5. The number of carboxylic acids is 1. The maximum Gasteiger partial charge on any atom is 0.340 e. The molecule has 0 atom stereocenters. The van der Waals surface area contributed by atoms with Crippen molar-refractivity contribution in [3.05, 3.63) is 34.0 Å². The summed E-state index contributed by atoms with van der Waals surface area (Å²) in [7, 11) is 0. The zero-order valence-corrected chi connectivity index (χ0v) is 5.30. The zero-order valence-electron chi connectivity index (χ0n) is 5.30. The fraction of sp³-hybridized carbons (Fsp3) is 0. The second-order valence-electron chi connectivity index (χ2n) is 1.86. The van der Waals surface area contributed by atoms with Crippen LogP contribution in [0.2, 0.25) is 0 Å². The van der Waals surface area contributed by atoms with Gasteiger partial charge in [0.05, 0.1) is 0 Å². The summed E-state index contributed by atoms with van der Waals surface area (Å²) >= 11 is 0. The lowest BCUT2D eigenvalue weighted by Gasteiger charge is -1.93. The molecule has 0 unspecified atom stereocenters. The van der Waals surface area contributed by atoms with E-state index in [-0.39, 0.29) is 0 Å². The average Bonchev–Trinajstić information content (AvgIpc) is 1.85. The first-order valence-electron chi connectivity index (χ1n) is 2.73. The number of rotatable bonds is 1. The number of nitrogens with one attached hydrogen (secondary N) is 1. The molecule has 5 heteroatoms. The van der Waals surface area contributed by atoms with Gasteiger partial charge < -0.3 is 5.11 Å². The molecule has 0 radical (unpaired) electrons. The molecule has 4 nitrogen and oxygen atoms in total. The number of H-pyrrole nitrogens is 1. The third kappa shape index (κ3) is 1.43. The van der Waals surface area contributed by atoms with Crippen molar-refractivity contribution in [2.75, 3.05) is 0 Å². The molecule has 1 rings (SSSR count). The molecule has 0 aromatic carbocycles. The summed E-state index contributed by atoms with van der Waals surface area (Å²) in [6.45, 7) is 0. The van der Waals surface area contributed by atoms with E-state index in [4.69, 9.17) is 5.11 Å². The summed E-state index contributed by atoms with van der Waals surface area (Å²) in [5.41, 5.74) is -1.20. The van der Waals surface area contributed by atoms with Crippen molar-refractivity contribution in [2.24, 2.45) is 0 Å². The number of carboxylic acid groups (broad SMARTS) is 1. The lowest BCUT2D eigenvalue weighted by atomic mass is 10.3. The largest absolute Gasteiger partial charge is 0.478 e. The van der Waals surface area contributed by atoms with Crippen molar-refractivity contribution in [3.8, 4) is 0 Å². The van der Waals surface area contributed by atoms with Crippen LogP contribution < -0.4 is 5.56 Å². The number of aromatic nitrogens is 1. The minimum atomic E-state index is -1.40. The van der Waals surface area contributed by atoms with Gasteiger partial charge in [-0.05, 0) is 6.07 Å². The fourth-order valence-corrected chi connectivity index (χ4v) is 0.615. The highest BCUT2D eigenvalue weighted by molar-refractivity contribution is 5.87. The molecule has 2 N–H and O–H groups in total. The summed E-state index contributed by atoms with van der Waals surface area (Å²) in [6, 6.07) is 1.86. The summed E-state index contributed by atoms with van der Waals surface area (Å²) in [6.07, 6.45) is 0. The number of pyridine rings is 1. The molecule has 0 fully saturated rings. The molecule has 0 aliphatic rings. The normalized spacial score (nSPS) is 9.55. The van der Waals surface area contributed by atoms with Gasteiger partial charge in [0.15, 0.2) is 0 Å². The van der Waals surface area contributed by atoms with E-state index >= 15 is 0 Å². The van der Waals surface area contributed by atoms with E-state index < -0.39 is 23.0 Å².